The SMILES string of the molecule is CNc1ncc(C(=O)NCCc2ccc(Cl)cc2)cc1Cl. The Balaban J connectivity index is 1.89. The number of benzene rings is 1. The minimum atomic E-state index is -0.194. The number of pyridine rings is 1. The minimum absolute atomic E-state index is 0.194. The minimum Gasteiger partial charge on any atom is -0.372 e. The quantitative estimate of drug-likeness (QED) is 0.886. The van der Waals surface area contributed by atoms with Crippen molar-refractivity contribution in [1.82, 2.24) is 10.3 Å². The molecule has 0 fully saturated rings. The van der Waals surface area contributed by atoms with Crippen molar-refractivity contribution in [2.75, 3.05) is 18.9 Å². The van der Waals surface area contributed by atoms with E-state index >= 15 is 0 Å². The molecule has 0 saturated carbocycles. The monoisotopic (exact) mass is 323 g/mol. The Hall–Kier alpha value is -1.78. The predicted molar refractivity (Wildman–Crippen MR) is 86.3 cm³/mol. The Bertz CT molecular complexity index is 629. The van der Waals surface area contributed by atoms with Crippen LogP contribution in [0.2, 0.25) is 10.0 Å². The molecule has 21 heavy (non-hydrogen) atoms. The van der Waals surface area contributed by atoms with Gasteiger partial charge in [0.2, 0.25) is 0 Å². The summed E-state index contributed by atoms with van der Waals surface area (Å²) in [5, 5.41) is 6.80. The van der Waals surface area contributed by atoms with E-state index < -0.39 is 0 Å². The van der Waals surface area contributed by atoms with E-state index in [0.29, 0.717) is 28.0 Å². The number of halogens is 2. The van der Waals surface area contributed by atoms with Crippen molar-refractivity contribution >= 4 is 34.9 Å². The second-order valence-electron chi connectivity index (χ2n) is 4.44. The molecule has 110 valence electrons. The van der Waals surface area contributed by atoms with E-state index in [1.165, 1.54) is 6.20 Å². The van der Waals surface area contributed by atoms with Crippen molar-refractivity contribution in [2.24, 2.45) is 0 Å². The summed E-state index contributed by atoms with van der Waals surface area (Å²) in [7, 11) is 1.72. The molecule has 2 rings (SSSR count). The summed E-state index contributed by atoms with van der Waals surface area (Å²) >= 11 is 11.8. The predicted octanol–water partition coefficient (Wildman–Crippen LogP) is 3.40. The van der Waals surface area contributed by atoms with Gasteiger partial charge in [-0.25, -0.2) is 4.98 Å². The summed E-state index contributed by atoms with van der Waals surface area (Å²) in [6, 6.07) is 9.14. The molecular formula is C15H15Cl2N3O. The lowest BCUT2D eigenvalue weighted by atomic mass is 10.1. The summed E-state index contributed by atoms with van der Waals surface area (Å²) in [6.07, 6.45) is 2.23. The normalized spacial score (nSPS) is 10.2. The average Bonchev–Trinajstić information content (AvgIpc) is 2.49. The highest BCUT2D eigenvalue weighted by molar-refractivity contribution is 6.33. The van der Waals surface area contributed by atoms with Crippen LogP contribution in [0, 0.1) is 0 Å². The number of anilines is 1. The maximum atomic E-state index is 12.0. The van der Waals surface area contributed by atoms with Crippen LogP contribution in [-0.2, 0) is 6.42 Å². The molecule has 0 unspecified atom stereocenters. The molecule has 0 bridgehead atoms. The van der Waals surface area contributed by atoms with Crippen molar-refractivity contribution in [3.8, 4) is 0 Å². The van der Waals surface area contributed by atoms with Crippen LogP contribution in [0.4, 0.5) is 5.82 Å². The number of aromatic nitrogens is 1. The van der Waals surface area contributed by atoms with Crippen LogP contribution in [-0.4, -0.2) is 24.5 Å². The standard InChI is InChI=1S/C15H15Cl2N3O/c1-18-14-13(17)8-11(9-20-14)15(21)19-7-6-10-2-4-12(16)5-3-10/h2-5,8-9H,6-7H2,1H3,(H,18,20)(H,19,21). The zero-order valence-electron chi connectivity index (χ0n) is 11.5. The molecule has 2 N–H and O–H groups in total. The molecule has 1 aromatic heterocycles. The van der Waals surface area contributed by atoms with Crippen LogP contribution in [0.15, 0.2) is 36.5 Å². The molecule has 1 heterocycles. The number of carbonyl (C=O) groups is 1. The molecule has 0 radical (unpaired) electrons. The first kappa shape index (κ1) is 15.6. The highest BCUT2D eigenvalue weighted by atomic mass is 35.5. The Kier molecular flexibility index (Phi) is 5.42. The number of nitrogens with zero attached hydrogens (tertiary/aromatic N) is 1. The Labute approximate surface area is 133 Å². The summed E-state index contributed by atoms with van der Waals surface area (Å²) in [6.45, 7) is 0.534. The van der Waals surface area contributed by atoms with Gasteiger partial charge in [-0.2, -0.15) is 0 Å². The first-order valence-corrected chi connectivity index (χ1v) is 7.21. The van der Waals surface area contributed by atoms with Crippen molar-refractivity contribution in [2.45, 2.75) is 6.42 Å². The zero-order valence-corrected chi connectivity index (χ0v) is 13.0. The molecule has 1 amide bonds. The van der Waals surface area contributed by atoms with Crippen LogP contribution in [0.3, 0.4) is 0 Å². The van der Waals surface area contributed by atoms with Crippen LogP contribution in [0.1, 0.15) is 15.9 Å². The molecule has 0 aliphatic rings. The van der Waals surface area contributed by atoms with Crippen LogP contribution < -0.4 is 10.6 Å². The lowest BCUT2D eigenvalue weighted by Gasteiger charge is -2.07. The second-order valence-corrected chi connectivity index (χ2v) is 5.28. The number of hydrogen-bond donors (Lipinski definition) is 2. The lowest BCUT2D eigenvalue weighted by molar-refractivity contribution is 0.0954. The number of rotatable bonds is 5. The smallest absolute Gasteiger partial charge is 0.252 e. The van der Waals surface area contributed by atoms with Gasteiger partial charge in [-0.1, -0.05) is 35.3 Å². The van der Waals surface area contributed by atoms with E-state index in [9.17, 15) is 4.79 Å². The molecule has 0 aliphatic carbocycles. The first-order chi connectivity index (χ1) is 10.1. The summed E-state index contributed by atoms with van der Waals surface area (Å²) < 4.78 is 0. The largest absolute Gasteiger partial charge is 0.372 e. The average molecular weight is 324 g/mol. The van der Waals surface area contributed by atoms with E-state index in [2.05, 4.69) is 15.6 Å². The van der Waals surface area contributed by atoms with Gasteiger partial charge in [-0.3, -0.25) is 4.79 Å². The second kappa shape index (κ2) is 7.29. The van der Waals surface area contributed by atoms with Crippen molar-refractivity contribution in [3.05, 3.63) is 57.7 Å². The Morgan fingerprint density at radius 2 is 1.95 bits per heavy atom. The van der Waals surface area contributed by atoms with Gasteiger partial charge in [-0.05, 0) is 30.2 Å². The van der Waals surface area contributed by atoms with Gasteiger partial charge in [0.15, 0.2) is 0 Å². The Morgan fingerprint density at radius 3 is 2.57 bits per heavy atom. The summed E-state index contributed by atoms with van der Waals surface area (Å²) in [5.74, 6) is 0.357. The third-order valence-electron chi connectivity index (χ3n) is 2.95. The molecular weight excluding hydrogens is 309 g/mol. The van der Waals surface area contributed by atoms with E-state index in [0.717, 1.165) is 12.0 Å². The van der Waals surface area contributed by atoms with Gasteiger partial charge in [0, 0.05) is 24.8 Å². The number of amides is 1. The lowest BCUT2D eigenvalue weighted by Crippen LogP contribution is -2.25. The van der Waals surface area contributed by atoms with Crippen molar-refractivity contribution in [3.63, 3.8) is 0 Å². The summed E-state index contributed by atoms with van der Waals surface area (Å²) in [5.41, 5.74) is 1.55. The first-order valence-electron chi connectivity index (χ1n) is 6.46. The molecule has 0 aliphatic heterocycles. The maximum absolute atomic E-state index is 12.0. The zero-order chi connectivity index (χ0) is 15.2. The van der Waals surface area contributed by atoms with Crippen LogP contribution in [0.5, 0.6) is 0 Å². The van der Waals surface area contributed by atoms with Crippen LogP contribution >= 0.6 is 23.2 Å². The molecule has 1 aromatic carbocycles. The van der Waals surface area contributed by atoms with Gasteiger partial charge in [0.05, 0.1) is 10.6 Å². The fourth-order valence-corrected chi connectivity index (χ4v) is 2.21. The molecule has 0 spiro atoms. The number of hydrogen-bond acceptors (Lipinski definition) is 3. The van der Waals surface area contributed by atoms with Gasteiger partial charge in [0.25, 0.3) is 5.91 Å². The maximum Gasteiger partial charge on any atom is 0.252 e. The fraction of sp³-hybridized carbons (Fsp3) is 0.200. The molecule has 4 nitrogen and oxygen atoms in total. The third kappa shape index (κ3) is 4.34. The highest BCUT2D eigenvalue weighted by Gasteiger charge is 2.08. The molecule has 6 heteroatoms. The van der Waals surface area contributed by atoms with E-state index in [1.807, 2.05) is 24.3 Å². The molecule has 0 atom stereocenters. The Morgan fingerprint density at radius 1 is 1.24 bits per heavy atom. The van der Waals surface area contributed by atoms with Crippen molar-refractivity contribution < 1.29 is 4.79 Å². The number of nitrogens with one attached hydrogen (secondary N) is 2. The van der Waals surface area contributed by atoms with E-state index in [4.69, 9.17) is 23.2 Å². The van der Waals surface area contributed by atoms with Gasteiger partial charge in [-0.15, -0.1) is 0 Å². The van der Waals surface area contributed by atoms with Gasteiger partial charge < -0.3 is 10.6 Å². The van der Waals surface area contributed by atoms with Crippen LogP contribution in [0.25, 0.3) is 0 Å². The van der Waals surface area contributed by atoms with Gasteiger partial charge >= 0.3 is 0 Å². The van der Waals surface area contributed by atoms with E-state index in [-0.39, 0.29) is 5.91 Å². The topological polar surface area (TPSA) is 54.0 Å². The third-order valence-corrected chi connectivity index (χ3v) is 3.49. The van der Waals surface area contributed by atoms with Crippen molar-refractivity contribution in [1.29, 1.82) is 0 Å². The summed E-state index contributed by atoms with van der Waals surface area (Å²) in [4.78, 5) is 16.1. The fourth-order valence-electron chi connectivity index (χ4n) is 1.82. The van der Waals surface area contributed by atoms with Gasteiger partial charge in [0.1, 0.15) is 5.82 Å². The number of carbonyl (C=O) groups excluding carboxylic acids is 1. The molecule has 0 saturated heterocycles. The highest BCUT2D eigenvalue weighted by Crippen LogP contribution is 2.19. The van der Waals surface area contributed by atoms with E-state index in [1.54, 1.807) is 13.1 Å². The molecule has 2 aromatic rings.